The molecule has 0 radical (unpaired) electrons. The number of benzene rings is 2. The molecule has 0 unspecified atom stereocenters. The number of carbonyl (C=O) groups is 1. The van der Waals surface area contributed by atoms with Crippen LogP contribution < -0.4 is 9.92 Å². The lowest BCUT2D eigenvalue weighted by atomic mass is 10.1. The van der Waals surface area contributed by atoms with Gasteiger partial charge in [0.25, 0.3) is 0 Å². The summed E-state index contributed by atoms with van der Waals surface area (Å²) in [6.45, 7) is 0. The van der Waals surface area contributed by atoms with Crippen molar-refractivity contribution in [3.05, 3.63) is 65.2 Å². The number of nitrogens with two attached hydrogens (primary N) is 1. The Kier molecular flexibility index (Phi) is 5.17. The van der Waals surface area contributed by atoms with E-state index in [-0.39, 0.29) is 0 Å². The normalized spacial score (nSPS) is 12.3. The fourth-order valence-electron chi connectivity index (χ4n) is 1.79. The van der Waals surface area contributed by atoms with E-state index in [1.54, 1.807) is 30.4 Å². The number of halogens is 3. The minimum atomic E-state index is -5.72. The largest absolute Gasteiger partial charge is 0.534 e. The van der Waals surface area contributed by atoms with Crippen molar-refractivity contribution in [1.29, 1.82) is 0 Å². The molecule has 0 saturated heterocycles. The fourth-order valence-corrected chi connectivity index (χ4v) is 2.25. The van der Waals surface area contributed by atoms with Crippen LogP contribution in [-0.2, 0) is 10.1 Å². The van der Waals surface area contributed by atoms with Crippen LogP contribution in [0.5, 0.6) is 5.75 Å². The van der Waals surface area contributed by atoms with Gasteiger partial charge in [0.15, 0.2) is 0 Å². The number of primary amides is 1. The van der Waals surface area contributed by atoms with Crippen LogP contribution in [-0.4, -0.2) is 19.8 Å². The molecule has 0 aliphatic heterocycles. The summed E-state index contributed by atoms with van der Waals surface area (Å²) in [5, 5.41) is 0. The molecular formula is C16H12F3NO4S. The molecule has 0 aliphatic carbocycles. The van der Waals surface area contributed by atoms with E-state index < -0.39 is 27.3 Å². The summed E-state index contributed by atoms with van der Waals surface area (Å²) in [6, 6.07) is 11.5. The van der Waals surface area contributed by atoms with Crippen molar-refractivity contribution >= 4 is 28.2 Å². The zero-order valence-corrected chi connectivity index (χ0v) is 13.3. The van der Waals surface area contributed by atoms with Gasteiger partial charge in [0.2, 0.25) is 5.91 Å². The summed E-state index contributed by atoms with van der Waals surface area (Å²) >= 11 is 0. The Morgan fingerprint density at radius 2 is 1.60 bits per heavy atom. The number of amides is 1. The summed E-state index contributed by atoms with van der Waals surface area (Å²) in [5.41, 5.74) is 1.10. The second kappa shape index (κ2) is 6.98. The van der Waals surface area contributed by atoms with Crippen LogP contribution in [0.2, 0.25) is 0 Å². The summed E-state index contributed by atoms with van der Waals surface area (Å²) in [7, 11) is -5.72. The topological polar surface area (TPSA) is 86.5 Å². The van der Waals surface area contributed by atoms with Crippen LogP contribution in [0.1, 0.15) is 21.5 Å². The van der Waals surface area contributed by atoms with Crippen LogP contribution in [0.25, 0.3) is 12.2 Å². The first-order valence-electron chi connectivity index (χ1n) is 6.77. The highest BCUT2D eigenvalue weighted by Crippen LogP contribution is 2.27. The van der Waals surface area contributed by atoms with Gasteiger partial charge in [-0.3, -0.25) is 4.79 Å². The average molecular weight is 371 g/mol. The Morgan fingerprint density at radius 3 is 2.16 bits per heavy atom. The Labute approximate surface area is 141 Å². The molecule has 2 aromatic carbocycles. The lowest BCUT2D eigenvalue weighted by Crippen LogP contribution is -2.28. The smallest absolute Gasteiger partial charge is 0.376 e. The van der Waals surface area contributed by atoms with E-state index in [0.29, 0.717) is 16.7 Å². The van der Waals surface area contributed by atoms with Crippen molar-refractivity contribution in [2.24, 2.45) is 5.73 Å². The molecule has 0 atom stereocenters. The molecule has 0 bridgehead atoms. The molecular weight excluding hydrogens is 359 g/mol. The van der Waals surface area contributed by atoms with Crippen LogP contribution >= 0.6 is 0 Å². The molecule has 0 aliphatic rings. The minimum Gasteiger partial charge on any atom is -0.376 e. The number of hydrogen-bond donors (Lipinski definition) is 1. The van der Waals surface area contributed by atoms with Crippen molar-refractivity contribution < 1.29 is 30.6 Å². The first kappa shape index (κ1) is 18.5. The summed E-state index contributed by atoms with van der Waals surface area (Å²) < 4.78 is 63.0. The zero-order valence-electron chi connectivity index (χ0n) is 12.5. The molecule has 2 aromatic rings. The van der Waals surface area contributed by atoms with Gasteiger partial charge in [0.05, 0.1) is 0 Å². The van der Waals surface area contributed by atoms with E-state index in [2.05, 4.69) is 4.18 Å². The lowest BCUT2D eigenvalue weighted by molar-refractivity contribution is -0.0500. The van der Waals surface area contributed by atoms with Gasteiger partial charge in [-0.25, -0.2) is 0 Å². The van der Waals surface area contributed by atoms with Gasteiger partial charge in [-0.2, -0.15) is 21.6 Å². The molecule has 2 rings (SSSR count). The Bertz CT molecular complexity index is 904. The standard InChI is InChI=1S/C16H12F3NO4S/c17-16(18,19)25(22,23)24-14-3-1-2-12(10-14)5-4-11-6-8-13(9-7-11)15(20)21/h1-10H,(H2,20,21). The number of rotatable bonds is 5. The highest BCUT2D eigenvalue weighted by Gasteiger charge is 2.48. The highest BCUT2D eigenvalue weighted by molar-refractivity contribution is 7.88. The van der Waals surface area contributed by atoms with Crippen molar-refractivity contribution in [2.45, 2.75) is 5.51 Å². The van der Waals surface area contributed by atoms with Gasteiger partial charge in [-0.1, -0.05) is 36.4 Å². The molecule has 5 nitrogen and oxygen atoms in total. The van der Waals surface area contributed by atoms with Gasteiger partial charge >= 0.3 is 15.6 Å². The van der Waals surface area contributed by atoms with Crippen LogP contribution in [0, 0.1) is 0 Å². The van der Waals surface area contributed by atoms with Gasteiger partial charge in [0, 0.05) is 5.56 Å². The predicted molar refractivity (Wildman–Crippen MR) is 85.9 cm³/mol. The van der Waals surface area contributed by atoms with Gasteiger partial charge in [0.1, 0.15) is 5.75 Å². The summed E-state index contributed by atoms with van der Waals surface area (Å²) in [6.07, 6.45) is 3.18. The van der Waals surface area contributed by atoms with E-state index in [4.69, 9.17) is 5.73 Å². The maximum Gasteiger partial charge on any atom is 0.534 e. The number of hydrogen-bond acceptors (Lipinski definition) is 4. The fraction of sp³-hybridized carbons (Fsp3) is 0.0625. The first-order chi connectivity index (χ1) is 11.6. The molecule has 1 amide bonds. The third kappa shape index (κ3) is 4.83. The number of carbonyl (C=O) groups excluding carboxylic acids is 1. The predicted octanol–water partition coefficient (Wildman–Crippen LogP) is 3.18. The molecule has 9 heteroatoms. The van der Waals surface area contributed by atoms with Crippen molar-refractivity contribution in [1.82, 2.24) is 0 Å². The second-order valence-electron chi connectivity index (χ2n) is 4.88. The van der Waals surface area contributed by atoms with Crippen molar-refractivity contribution in [3.8, 4) is 5.75 Å². The van der Waals surface area contributed by atoms with Gasteiger partial charge in [-0.05, 0) is 35.4 Å². The third-order valence-electron chi connectivity index (χ3n) is 3.01. The van der Waals surface area contributed by atoms with E-state index in [1.807, 2.05) is 0 Å². The second-order valence-corrected chi connectivity index (χ2v) is 6.41. The maximum atomic E-state index is 12.3. The van der Waals surface area contributed by atoms with E-state index >= 15 is 0 Å². The van der Waals surface area contributed by atoms with E-state index in [9.17, 15) is 26.4 Å². The van der Waals surface area contributed by atoms with E-state index in [1.165, 1.54) is 18.2 Å². The Morgan fingerprint density at radius 1 is 1.00 bits per heavy atom. The molecule has 0 saturated carbocycles. The molecule has 2 N–H and O–H groups in total. The third-order valence-corrected chi connectivity index (χ3v) is 3.99. The monoisotopic (exact) mass is 371 g/mol. The quantitative estimate of drug-likeness (QED) is 0.497. The zero-order chi connectivity index (χ0) is 18.7. The van der Waals surface area contributed by atoms with E-state index in [0.717, 1.165) is 12.1 Å². The molecule has 25 heavy (non-hydrogen) atoms. The maximum absolute atomic E-state index is 12.3. The molecule has 132 valence electrons. The molecule has 0 aromatic heterocycles. The molecule has 0 spiro atoms. The first-order valence-corrected chi connectivity index (χ1v) is 8.18. The summed E-state index contributed by atoms with van der Waals surface area (Å²) in [5.74, 6) is -1.02. The van der Waals surface area contributed by atoms with Crippen LogP contribution in [0.3, 0.4) is 0 Å². The Hall–Kier alpha value is -2.81. The highest BCUT2D eigenvalue weighted by atomic mass is 32.2. The van der Waals surface area contributed by atoms with Crippen LogP contribution in [0.4, 0.5) is 13.2 Å². The van der Waals surface area contributed by atoms with Crippen molar-refractivity contribution in [3.63, 3.8) is 0 Å². The molecule has 0 heterocycles. The summed E-state index contributed by atoms with van der Waals surface area (Å²) in [4.78, 5) is 11.0. The minimum absolute atomic E-state index is 0.338. The average Bonchev–Trinajstić information content (AvgIpc) is 2.52. The molecule has 0 fully saturated rings. The van der Waals surface area contributed by atoms with Crippen molar-refractivity contribution in [2.75, 3.05) is 0 Å². The number of alkyl halides is 3. The van der Waals surface area contributed by atoms with Gasteiger partial charge < -0.3 is 9.92 Å². The Balaban J connectivity index is 2.17. The SMILES string of the molecule is NC(=O)c1ccc(C=Cc2cccc(OS(=O)(=O)C(F)(F)F)c2)cc1. The van der Waals surface area contributed by atoms with Gasteiger partial charge in [-0.15, -0.1) is 0 Å². The lowest BCUT2D eigenvalue weighted by Gasteiger charge is -2.09. The van der Waals surface area contributed by atoms with Crippen LogP contribution in [0.15, 0.2) is 48.5 Å².